The maximum Gasteiger partial charge on any atom is 0.229 e. The summed E-state index contributed by atoms with van der Waals surface area (Å²) >= 11 is 0. The van der Waals surface area contributed by atoms with E-state index in [9.17, 15) is 9.18 Å². The minimum Gasteiger partial charge on any atom is -0.369 e. The predicted molar refractivity (Wildman–Crippen MR) is 103 cm³/mol. The summed E-state index contributed by atoms with van der Waals surface area (Å²) in [5.74, 6) is -1.21. The third-order valence-corrected chi connectivity index (χ3v) is 4.25. The van der Waals surface area contributed by atoms with Crippen LogP contribution in [0.3, 0.4) is 0 Å². The number of aromatic nitrogens is 2. The Kier molecular flexibility index (Phi) is 5.92. The second-order valence-electron chi connectivity index (χ2n) is 6.17. The average Bonchev–Trinajstić information content (AvgIpc) is 2.70. The van der Waals surface area contributed by atoms with Gasteiger partial charge in [0.05, 0.1) is 5.92 Å². The van der Waals surface area contributed by atoms with Crippen molar-refractivity contribution in [3.8, 4) is 6.07 Å². The summed E-state index contributed by atoms with van der Waals surface area (Å²) in [4.78, 5) is 20.5. The van der Waals surface area contributed by atoms with Gasteiger partial charge in [0.2, 0.25) is 5.91 Å². The number of benzene rings is 1. The Morgan fingerprint density at radius 1 is 1.25 bits per heavy atom. The number of carbonyl (C=O) groups excluding carboxylic acids is 1. The molecule has 1 atom stereocenters. The van der Waals surface area contributed by atoms with Crippen molar-refractivity contribution in [1.29, 1.82) is 5.26 Å². The van der Waals surface area contributed by atoms with E-state index in [2.05, 4.69) is 15.3 Å². The Morgan fingerprint density at radius 3 is 2.79 bits per heavy atom. The number of nitrogens with one attached hydrogen (secondary N) is 1. The molecular weight excluding hydrogens is 357 g/mol. The molecule has 0 bridgehead atoms. The molecule has 3 aromatic rings. The van der Waals surface area contributed by atoms with Gasteiger partial charge in [-0.3, -0.25) is 9.78 Å². The highest BCUT2D eigenvalue weighted by molar-refractivity contribution is 5.87. The molecule has 0 aliphatic carbocycles. The SMILES string of the molecule is N#Cc1ccc(C(C(N)=O)c2cccnc2)c(NCCc2cccc(F)c2)n1. The Balaban J connectivity index is 1.89. The van der Waals surface area contributed by atoms with Gasteiger partial charge in [-0.1, -0.05) is 24.3 Å². The zero-order valence-corrected chi connectivity index (χ0v) is 15.0. The molecule has 2 aromatic heterocycles. The van der Waals surface area contributed by atoms with Crippen molar-refractivity contribution in [2.75, 3.05) is 11.9 Å². The van der Waals surface area contributed by atoms with E-state index in [0.717, 1.165) is 5.56 Å². The molecule has 6 nitrogen and oxygen atoms in total. The molecule has 3 N–H and O–H groups in total. The van der Waals surface area contributed by atoms with Gasteiger partial charge in [0.1, 0.15) is 23.4 Å². The molecule has 0 fully saturated rings. The first-order valence-corrected chi connectivity index (χ1v) is 8.67. The van der Waals surface area contributed by atoms with Gasteiger partial charge in [-0.15, -0.1) is 0 Å². The van der Waals surface area contributed by atoms with Crippen LogP contribution in [0.1, 0.15) is 28.3 Å². The molecule has 1 unspecified atom stereocenters. The molecule has 28 heavy (non-hydrogen) atoms. The first-order valence-electron chi connectivity index (χ1n) is 8.67. The number of hydrogen-bond acceptors (Lipinski definition) is 5. The van der Waals surface area contributed by atoms with Crippen molar-refractivity contribution in [2.45, 2.75) is 12.3 Å². The van der Waals surface area contributed by atoms with E-state index in [1.54, 1.807) is 42.7 Å². The van der Waals surface area contributed by atoms with Gasteiger partial charge in [-0.05, 0) is 41.8 Å². The molecule has 3 rings (SSSR count). The Morgan fingerprint density at radius 2 is 2.11 bits per heavy atom. The van der Waals surface area contributed by atoms with Crippen LogP contribution in [-0.4, -0.2) is 22.4 Å². The maximum atomic E-state index is 13.3. The smallest absolute Gasteiger partial charge is 0.229 e. The van der Waals surface area contributed by atoms with Crippen molar-refractivity contribution in [3.63, 3.8) is 0 Å². The minimum atomic E-state index is -0.759. The van der Waals surface area contributed by atoms with Crippen LogP contribution in [0.15, 0.2) is 60.9 Å². The minimum absolute atomic E-state index is 0.214. The molecule has 0 aliphatic heterocycles. The Hall–Kier alpha value is -3.79. The van der Waals surface area contributed by atoms with Crippen LogP contribution in [0.25, 0.3) is 0 Å². The summed E-state index contributed by atoms with van der Waals surface area (Å²) in [5, 5.41) is 12.3. The van der Waals surface area contributed by atoms with Gasteiger partial charge >= 0.3 is 0 Å². The number of anilines is 1. The number of primary amides is 1. The maximum absolute atomic E-state index is 13.3. The fourth-order valence-electron chi connectivity index (χ4n) is 2.97. The number of carbonyl (C=O) groups is 1. The van der Waals surface area contributed by atoms with E-state index >= 15 is 0 Å². The number of nitrogens with zero attached hydrogens (tertiary/aromatic N) is 3. The van der Waals surface area contributed by atoms with E-state index in [0.29, 0.717) is 29.9 Å². The van der Waals surface area contributed by atoms with E-state index < -0.39 is 11.8 Å². The van der Waals surface area contributed by atoms with E-state index in [1.165, 1.54) is 12.1 Å². The number of amides is 1. The molecule has 140 valence electrons. The first kappa shape index (κ1) is 19.0. The highest BCUT2D eigenvalue weighted by Crippen LogP contribution is 2.29. The number of rotatable bonds is 7. The van der Waals surface area contributed by atoms with Crippen LogP contribution >= 0.6 is 0 Å². The topological polar surface area (TPSA) is 105 Å². The predicted octanol–water partition coefficient (Wildman–Crippen LogP) is 2.76. The van der Waals surface area contributed by atoms with Crippen molar-refractivity contribution >= 4 is 11.7 Å². The molecule has 7 heteroatoms. The average molecular weight is 375 g/mol. The van der Waals surface area contributed by atoms with Gasteiger partial charge in [-0.2, -0.15) is 5.26 Å². The second-order valence-corrected chi connectivity index (χ2v) is 6.17. The monoisotopic (exact) mass is 375 g/mol. The molecule has 0 saturated carbocycles. The molecule has 0 aliphatic rings. The van der Waals surface area contributed by atoms with Gasteiger partial charge in [0.25, 0.3) is 0 Å². The summed E-state index contributed by atoms with van der Waals surface area (Å²) < 4.78 is 13.3. The lowest BCUT2D eigenvalue weighted by Crippen LogP contribution is -2.24. The molecule has 0 spiro atoms. The third kappa shape index (κ3) is 4.48. The Labute approximate surface area is 161 Å². The lowest BCUT2D eigenvalue weighted by molar-refractivity contribution is -0.118. The van der Waals surface area contributed by atoms with Crippen LogP contribution in [0.4, 0.5) is 10.2 Å². The zero-order chi connectivity index (χ0) is 19.9. The second kappa shape index (κ2) is 8.73. The highest BCUT2D eigenvalue weighted by Gasteiger charge is 2.24. The summed E-state index contributed by atoms with van der Waals surface area (Å²) in [6.07, 6.45) is 3.73. The molecular formula is C21H18FN5O. The molecule has 1 amide bonds. The van der Waals surface area contributed by atoms with Crippen LogP contribution < -0.4 is 11.1 Å². The summed E-state index contributed by atoms with van der Waals surface area (Å²) in [5.41, 5.74) is 7.87. The van der Waals surface area contributed by atoms with Crippen LogP contribution in [-0.2, 0) is 11.2 Å². The van der Waals surface area contributed by atoms with E-state index in [1.807, 2.05) is 12.1 Å². The first-order chi connectivity index (χ1) is 13.6. The summed E-state index contributed by atoms with van der Waals surface area (Å²) in [7, 11) is 0. The molecule has 0 saturated heterocycles. The van der Waals surface area contributed by atoms with Gasteiger partial charge in [0.15, 0.2) is 0 Å². The lowest BCUT2D eigenvalue weighted by atomic mass is 9.92. The van der Waals surface area contributed by atoms with E-state index in [-0.39, 0.29) is 11.5 Å². The number of halogens is 1. The van der Waals surface area contributed by atoms with Crippen LogP contribution in [0.5, 0.6) is 0 Å². The summed E-state index contributed by atoms with van der Waals surface area (Å²) in [6.45, 7) is 0.441. The van der Waals surface area contributed by atoms with Crippen molar-refractivity contribution in [3.05, 3.63) is 89.1 Å². The third-order valence-electron chi connectivity index (χ3n) is 4.25. The normalized spacial score (nSPS) is 11.4. The quantitative estimate of drug-likeness (QED) is 0.661. The highest BCUT2D eigenvalue weighted by atomic mass is 19.1. The van der Waals surface area contributed by atoms with Crippen LogP contribution in [0, 0.1) is 17.1 Å². The summed E-state index contributed by atoms with van der Waals surface area (Å²) in [6, 6.07) is 15.0. The number of hydrogen-bond donors (Lipinski definition) is 2. The van der Waals surface area contributed by atoms with Crippen LogP contribution in [0.2, 0.25) is 0 Å². The van der Waals surface area contributed by atoms with Crippen molar-refractivity contribution in [1.82, 2.24) is 9.97 Å². The fraction of sp³-hybridized carbons (Fsp3) is 0.143. The van der Waals surface area contributed by atoms with Gasteiger partial charge in [0, 0.05) is 24.5 Å². The Bertz CT molecular complexity index is 1020. The zero-order valence-electron chi connectivity index (χ0n) is 15.0. The van der Waals surface area contributed by atoms with Gasteiger partial charge < -0.3 is 11.1 Å². The van der Waals surface area contributed by atoms with Gasteiger partial charge in [-0.25, -0.2) is 9.37 Å². The molecule has 1 aromatic carbocycles. The number of nitriles is 1. The van der Waals surface area contributed by atoms with Crippen molar-refractivity contribution in [2.24, 2.45) is 5.73 Å². The molecule has 0 radical (unpaired) electrons. The fourth-order valence-corrected chi connectivity index (χ4v) is 2.97. The largest absolute Gasteiger partial charge is 0.369 e. The van der Waals surface area contributed by atoms with E-state index in [4.69, 9.17) is 11.0 Å². The lowest BCUT2D eigenvalue weighted by Gasteiger charge is -2.18. The standard InChI is InChI=1S/C21H18FN5O/c22-16-5-1-3-14(11-16)8-10-26-21-18(7-6-17(12-23)27-21)19(20(24)28)15-4-2-9-25-13-15/h1-7,9,11,13,19H,8,10H2,(H2,24,28)(H,26,27). The number of nitrogens with two attached hydrogens (primary N) is 1. The molecule has 2 heterocycles. The number of pyridine rings is 2. The van der Waals surface area contributed by atoms with Crippen molar-refractivity contribution < 1.29 is 9.18 Å².